The summed E-state index contributed by atoms with van der Waals surface area (Å²) in [5, 5.41) is 13.9. The van der Waals surface area contributed by atoms with Gasteiger partial charge in [-0.2, -0.15) is 5.10 Å². The molecule has 0 unspecified atom stereocenters. The van der Waals surface area contributed by atoms with Crippen LogP contribution in [0.25, 0.3) is 0 Å². The van der Waals surface area contributed by atoms with Gasteiger partial charge in [-0.15, -0.1) is 0 Å². The molecule has 0 aromatic heterocycles. The van der Waals surface area contributed by atoms with Crippen molar-refractivity contribution in [1.29, 1.82) is 0 Å². The van der Waals surface area contributed by atoms with Crippen LogP contribution in [0.15, 0.2) is 82.8 Å². The van der Waals surface area contributed by atoms with Crippen LogP contribution < -0.4 is 9.73 Å². The molecule has 0 saturated heterocycles. The van der Waals surface area contributed by atoms with E-state index in [0.29, 0.717) is 11.3 Å². The smallest absolute Gasteiger partial charge is 0.264 e. The Bertz CT molecular complexity index is 1240. The van der Waals surface area contributed by atoms with Gasteiger partial charge in [0.1, 0.15) is 18.1 Å². The second-order valence-electron chi connectivity index (χ2n) is 7.05. The second kappa shape index (κ2) is 9.61. The molecule has 3 rings (SSSR count). The van der Waals surface area contributed by atoms with Crippen LogP contribution in [-0.4, -0.2) is 31.7 Å². The summed E-state index contributed by atoms with van der Waals surface area (Å²) >= 11 is 0. The molecule has 2 N–H and O–H groups in total. The van der Waals surface area contributed by atoms with Gasteiger partial charge in [0.15, 0.2) is 0 Å². The molecule has 0 aliphatic carbocycles. The number of carbonyl (C=O) groups excluding carboxylic acids is 1. The number of phenolic OH excluding ortho intramolecular Hbond substituents is 1. The first kappa shape index (κ1) is 23.0. The van der Waals surface area contributed by atoms with Crippen molar-refractivity contribution in [3.05, 3.63) is 89.7 Å². The van der Waals surface area contributed by atoms with Crippen LogP contribution >= 0.6 is 0 Å². The van der Waals surface area contributed by atoms with Gasteiger partial charge < -0.3 is 5.11 Å². The second-order valence-corrected chi connectivity index (χ2v) is 8.91. The number of para-hydroxylation sites is 1. The summed E-state index contributed by atoms with van der Waals surface area (Å²) in [6, 6.07) is 17.5. The number of aryl methyl sites for hydroxylation is 1. The standard InChI is InChI=1S/C23H22FN3O4S/c1-16-7-11-19(12-8-16)27(32(30,31)20-13-9-18(24)10-14-20)15-23(29)26-25-17(2)21-5-3-4-6-22(21)28/h3-14,28H,15H2,1-2H3,(H,26,29). The number of aromatic hydroxyl groups is 1. The van der Waals surface area contributed by atoms with Crippen molar-refractivity contribution in [3.63, 3.8) is 0 Å². The first-order valence-electron chi connectivity index (χ1n) is 9.65. The molecule has 0 atom stereocenters. The highest BCUT2D eigenvalue weighted by atomic mass is 32.2. The normalized spacial score (nSPS) is 11.8. The minimum Gasteiger partial charge on any atom is -0.507 e. The van der Waals surface area contributed by atoms with E-state index in [2.05, 4.69) is 10.5 Å². The summed E-state index contributed by atoms with van der Waals surface area (Å²) in [4.78, 5) is 12.4. The maximum atomic E-state index is 13.3. The average Bonchev–Trinajstić information content (AvgIpc) is 2.77. The summed E-state index contributed by atoms with van der Waals surface area (Å²) in [6.07, 6.45) is 0. The minimum absolute atomic E-state index is 0.00293. The predicted molar refractivity (Wildman–Crippen MR) is 121 cm³/mol. The van der Waals surface area contributed by atoms with Crippen molar-refractivity contribution >= 4 is 27.3 Å². The first-order chi connectivity index (χ1) is 15.2. The summed E-state index contributed by atoms with van der Waals surface area (Å²) in [5.74, 6) is -1.26. The highest BCUT2D eigenvalue weighted by Gasteiger charge is 2.27. The zero-order valence-electron chi connectivity index (χ0n) is 17.5. The first-order valence-corrected chi connectivity index (χ1v) is 11.1. The van der Waals surface area contributed by atoms with E-state index in [-0.39, 0.29) is 16.3 Å². The van der Waals surface area contributed by atoms with E-state index in [9.17, 15) is 22.7 Å². The number of hydrogen-bond donors (Lipinski definition) is 2. The zero-order chi connectivity index (χ0) is 23.3. The molecule has 0 heterocycles. The van der Waals surface area contributed by atoms with E-state index in [4.69, 9.17) is 0 Å². The Hall–Kier alpha value is -3.72. The molecular formula is C23H22FN3O4S. The van der Waals surface area contributed by atoms with E-state index < -0.39 is 28.3 Å². The molecule has 0 radical (unpaired) electrons. The number of amides is 1. The molecule has 3 aromatic rings. The monoisotopic (exact) mass is 455 g/mol. The van der Waals surface area contributed by atoms with Crippen LogP contribution in [0, 0.1) is 12.7 Å². The summed E-state index contributed by atoms with van der Waals surface area (Å²) < 4.78 is 40.7. The molecule has 1 amide bonds. The lowest BCUT2D eigenvalue weighted by molar-refractivity contribution is -0.119. The van der Waals surface area contributed by atoms with Gasteiger partial charge in [0, 0.05) is 5.56 Å². The van der Waals surface area contributed by atoms with Crippen molar-refractivity contribution in [1.82, 2.24) is 5.43 Å². The van der Waals surface area contributed by atoms with E-state index in [1.165, 1.54) is 6.07 Å². The van der Waals surface area contributed by atoms with Crippen molar-refractivity contribution in [2.75, 3.05) is 10.8 Å². The number of halogens is 1. The van der Waals surface area contributed by atoms with Crippen LogP contribution in [0.1, 0.15) is 18.1 Å². The number of hydrazone groups is 1. The molecule has 166 valence electrons. The highest BCUT2D eigenvalue weighted by molar-refractivity contribution is 7.92. The molecule has 0 bridgehead atoms. The number of anilines is 1. The number of benzene rings is 3. The Balaban J connectivity index is 1.88. The molecule has 0 spiro atoms. The van der Waals surface area contributed by atoms with Crippen LogP contribution in [0.4, 0.5) is 10.1 Å². The Morgan fingerprint density at radius 3 is 2.28 bits per heavy atom. The molecule has 0 fully saturated rings. The summed E-state index contributed by atoms with van der Waals surface area (Å²) in [6.45, 7) is 2.90. The third-order valence-corrected chi connectivity index (χ3v) is 6.44. The van der Waals surface area contributed by atoms with Crippen molar-refractivity contribution in [2.45, 2.75) is 18.7 Å². The minimum atomic E-state index is -4.16. The van der Waals surface area contributed by atoms with Gasteiger partial charge in [0.25, 0.3) is 15.9 Å². The van der Waals surface area contributed by atoms with E-state index >= 15 is 0 Å². The van der Waals surface area contributed by atoms with Crippen molar-refractivity contribution < 1.29 is 22.7 Å². The van der Waals surface area contributed by atoms with E-state index in [1.807, 2.05) is 6.92 Å². The molecule has 3 aromatic carbocycles. The van der Waals surface area contributed by atoms with Gasteiger partial charge in [0.05, 0.1) is 16.3 Å². The highest BCUT2D eigenvalue weighted by Crippen LogP contribution is 2.24. The number of phenols is 1. The number of sulfonamides is 1. The molecular weight excluding hydrogens is 433 g/mol. The molecule has 7 nitrogen and oxygen atoms in total. The Morgan fingerprint density at radius 2 is 1.66 bits per heavy atom. The van der Waals surface area contributed by atoms with E-state index in [0.717, 1.165) is 34.1 Å². The summed E-state index contributed by atoms with van der Waals surface area (Å²) in [7, 11) is -4.16. The number of nitrogens with zero attached hydrogens (tertiary/aromatic N) is 2. The number of carbonyl (C=O) groups is 1. The lowest BCUT2D eigenvalue weighted by Gasteiger charge is -2.24. The number of nitrogens with one attached hydrogen (secondary N) is 1. The van der Waals surface area contributed by atoms with Gasteiger partial charge in [-0.3, -0.25) is 9.10 Å². The van der Waals surface area contributed by atoms with E-state index in [1.54, 1.807) is 49.4 Å². The third-order valence-electron chi connectivity index (χ3n) is 4.65. The Kier molecular flexibility index (Phi) is 6.89. The fraction of sp³-hybridized carbons (Fsp3) is 0.130. The SMILES string of the molecule is CC(=NNC(=O)CN(c1ccc(C)cc1)S(=O)(=O)c1ccc(F)cc1)c1ccccc1O. The maximum absolute atomic E-state index is 13.3. The lowest BCUT2D eigenvalue weighted by atomic mass is 10.1. The third kappa shape index (κ3) is 5.30. The average molecular weight is 456 g/mol. The molecule has 0 aliphatic heterocycles. The van der Waals surface area contributed by atoms with Gasteiger partial charge in [0.2, 0.25) is 0 Å². The van der Waals surface area contributed by atoms with Gasteiger partial charge in [-0.05, 0) is 62.4 Å². The molecule has 0 saturated carbocycles. The zero-order valence-corrected chi connectivity index (χ0v) is 18.3. The molecule has 0 aliphatic rings. The lowest BCUT2D eigenvalue weighted by Crippen LogP contribution is -2.39. The fourth-order valence-corrected chi connectivity index (χ4v) is 4.33. The quantitative estimate of drug-likeness (QED) is 0.420. The Morgan fingerprint density at radius 1 is 1.03 bits per heavy atom. The van der Waals surface area contributed by atoms with Gasteiger partial charge in [-0.1, -0.05) is 29.8 Å². The van der Waals surface area contributed by atoms with Crippen LogP contribution in [0.3, 0.4) is 0 Å². The van der Waals surface area contributed by atoms with Crippen LogP contribution in [0.5, 0.6) is 5.75 Å². The number of rotatable bonds is 7. The van der Waals surface area contributed by atoms with Crippen LogP contribution in [-0.2, 0) is 14.8 Å². The largest absolute Gasteiger partial charge is 0.507 e. The molecule has 32 heavy (non-hydrogen) atoms. The number of hydrogen-bond acceptors (Lipinski definition) is 5. The fourth-order valence-electron chi connectivity index (χ4n) is 2.91. The topological polar surface area (TPSA) is 99.1 Å². The summed E-state index contributed by atoms with van der Waals surface area (Å²) in [5.41, 5.74) is 4.30. The maximum Gasteiger partial charge on any atom is 0.264 e. The van der Waals surface area contributed by atoms with Gasteiger partial charge in [-0.25, -0.2) is 18.2 Å². The predicted octanol–water partition coefficient (Wildman–Crippen LogP) is 3.58. The van der Waals surface area contributed by atoms with Crippen LogP contribution in [0.2, 0.25) is 0 Å². The molecule has 9 heteroatoms. The van der Waals surface area contributed by atoms with Gasteiger partial charge >= 0.3 is 0 Å². The van der Waals surface area contributed by atoms with Crippen molar-refractivity contribution in [3.8, 4) is 5.75 Å². The Labute approximate surface area is 185 Å². The van der Waals surface area contributed by atoms with Crippen molar-refractivity contribution in [2.24, 2.45) is 5.10 Å².